The van der Waals surface area contributed by atoms with Gasteiger partial charge in [-0.05, 0) is 31.0 Å². The lowest BCUT2D eigenvalue weighted by Crippen LogP contribution is -2.47. The Bertz CT molecular complexity index is 876. The van der Waals surface area contributed by atoms with Crippen molar-refractivity contribution in [1.82, 2.24) is 15.0 Å². The van der Waals surface area contributed by atoms with Gasteiger partial charge in [0.15, 0.2) is 0 Å². The summed E-state index contributed by atoms with van der Waals surface area (Å²) in [5.74, 6) is 3.73. The summed E-state index contributed by atoms with van der Waals surface area (Å²) < 4.78 is 0. The summed E-state index contributed by atoms with van der Waals surface area (Å²) in [6.07, 6.45) is 2.82. The van der Waals surface area contributed by atoms with Crippen LogP contribution in [0.3, 0.4) is 0 Å². The second-order valence-corrected chi connectivity index (χ2v) is 6.98. The molecular weight excluding hydrogens is 348 g/mol. The number of aryl methyl sites for hydroxylation is 1. The molecule has 144 valence electrons. The number of rotatable bonds is 6. The van der Waals surface area contributed by atoms with Gasteiger partial charge in [0, 0.05) is 45.0 Å². The predicted octanol–water partition coefficient (Wildman–Crippen LogP) is 3.16. The molecule has 0 unspecified atom stereocenters. The number of piperazine rings is 1. The number of anilines is 3. The molecule has 0 amide bonds. The van der Waals surface area contributed by atoms with E-state index in [2.05, 4.69) is 66.5 Å². The monoisotopic (exact) mass is 374 g/mol. The molecule has 1 fully saturated rings. The lowest BCUT2D eigenvalue weighted by atomic mass is 10.1. The van der Waals surface area contributed by atoms with Gasteiger partial charge in [-0.1, -0.05) is 36.4 Å². The molecule has 3 heterocycles. The highest BCUT2D eigenvalue weighted by Crippen LogP contribution is 2.20. The molecule has 1 N–H and O–H groups in total. The number of aromatic nitrogens is 3. The van der Waals surface area contributed by atoms with E-state index in [1.165, 1.54) is 5.56 Å². The lowest BCUT2D eigenvalue weighted by Gasteiger charge is -2.36. The van der Waals surface area contributed by atoms with Crippen LogP contribution >= 0.6 is 0 Å². The zero-order valence-corrected chi connectivity index (χ0v) is 16.3. The number of hydrogen-bond donors (Lipinski definition) is 1. The van der Waals surface area contributed by atoms with Gasteiger partial charge in [0.2, 0.25) is 0 Å². The van der Waals surface area contributed by atoms with Crippen LogP contribution in [-0.2, 0) is 6.42 Å². The Labute approximate surface area is 166 Å². The number of pyridine rings is 1. The van der Waals surface area contributed by atoms with Gasteiger partial charge in [-0.3, -0.25) is 0 Å². The van der Waals surface area contributed by atoms with Crippen molar-refractivity contribution in [2.24, 2.45) is 0 Å². The van der Waals surface area contributed by atoms with Gasteiger partial charge in [0.05, 0.1) is 0 Å². The minimum absolute atomic E-state index is 0.798. The van der Waals surface area contributed by atoms with Crippen LogP contribution in [0.4, 0.5) is 17.5 Å². The van der Waals surface area contributed by atoms with Crippen LogP contribution in [0.15, 0.2) is 60.8 Å². The van der Waals surface area contributed by atoms with Gasteiger partial charge < -0.3 is 15.1 Å². The summed E-state index contributed by atoms with van der Waals surface area (Å²) in [7, 11) is 0. The Morgan fingerprint density at radius 3 is 2.29 bits per heavy atom. The maximum atomic E-state index is 4.66. The molecule has 3 aromatic rings. The van der Waals surface area contributed by atoms with Crippen LogP contribution in [0.25, 0.3) is 0 Å². The third kappa shape index (κ3) is 4.57. The standard InChI is InChI=1S/C22H26N6/c1-18-25-20(23-12-10-19-7-3-2-4-8-19)17-22(26-18)28-15-13-27(14-16-28)21-9-5-6-11-24-21/h2-9,11,17H,10,12-16H2,1H3,(H,23,25,26). The molecule has 2 aromatic heterocycles. The summed E-state index contributed by atoms with van der Waals surface area (Å²) in [5.41, 5.74) is 1.33. The van der Waals surface area contributed by atoms with E-state index in [9.17, 15) is 0 Å². The molecule has 1 aliphatic rings. The fourth-order valence-electron chi connectivity index (χ4n) is 3.49. The number of benzene rings is 1. The average molecular weight is 374 g/mol. The van der Waals surface area contributed by atoms with Gasteiger partial charge in [0.1, 0.15) is 23.3 Å². The van der Waals surface area contributed by atoms with E-state index >= 15 is 0 Å². The van der Waals surface area contributed by atoms with Crippen LogP contribution in [0.5, 0.6) is 0 Å². The number of hydrogen-bond acceptors (Lipinski definition) is 6. The molecule has 0 aliphatic carbocycles. The van der Waals surface area contributed by atoms with E-state index < -0.39 is 0 Å². The molecule has 6 heteroatoms. The van der Waals surface area contributed by atoms with Crippen molar-refractivity contribution >= 4 is 17.5 Å². The predicted molar refractivity (Wildman–Crippen MR) is 114 cm³/mol. The molecule has 28 heavy (non-hydrogen) atoms. The van der Waals surface area contributed by atoms with Crippen LogP contribution in [-0.4, -0.2) is 47.7 Å². The minimum Gasteiger partial charge on any atom is -0.370 e. The highest BCUT2D eigenvalue weighted by Gasteiger charge is 2.19. The third-order valence-electron chi connectivity index (χ3n) is 4.96. The highest BCUT2D eigenvalue weighted by molar-refractivity contribution is 5.51. The first-order chi connectivity index (χ1) is 13.8. The SMILES string of the molecule is Cc1nc(NCCc2ccccc2)cc(N2CCN(c3ccccn3)CC2)n1. The maximum absolute atomic E-state index is 4.66. The van der Waals surface area contributed by atoms with Crippen molar-refractivity contribution in [3.8, 4) is 0 Å². The van der Waals surface area contributed by atoms with Crippen molar-refractivity contribution in [3.63, 3.8) is 0 Å². The second kappa shape index (κ2) is 8.69. The van der Waals surface area contributed by atoms with Gasteiger partial charge >= 0.3 is 0 Å². The van der Waals surface area contributed by atoms with E-state index in [1.807, 2.05) is 31.3 Å². The molecule has 1 aliphatic heterocycles. The van der Waals surface area contributed by atoms with Gasteiger partial charge in [-0.25, -0.2) is 15.0 Å². The first kappa shape index (κ1) is 18.2. The molecule has 0 saturated carbocycles. The van der Waals surface area contributed by atoms with E-state index in [0.717, 1.165) is 62.4 Å². The second-order valence-electron chi connectivity index (χ2n) is 6.98. The topological polar surface area (TPSA) is 57.2 Å². The highest BCUT2D eigenvalue weighted by atomic mass is 15.3. The van der Waals surface area contributed by atoms with E-state index in [4.69, 9.17) is 0 Å². The van der Waals surface area contributed by atoms with Crippen molar-refractivity contribution in [1.29, 1.82) is 0 Å². The van der Waals surface area contributed by atoms with Crippen LogP contribution in [0.1, 0.15) is 11.4 Å². The molecular formula is C22H26N6. The van der Waals surface area contributed by atoms with Crippen LogP contribution in [0, 0.1) is 6.92 Å². The first-order valence-corrected chi connectivity index (χ1v) is 9.82. The van der Waals surface area contributed by atoms with Crippen molar-refractivity contribution in [2.45, 2.75) is 13.3 Å². The normalized spacial score (nSPS) is 14.2. The summed E-state index contributed by atoms with van der Waals surface area (Å²) in [4.78, 5) is 18.3. The van der Waals surface area contributed by atoms with Gasteiger partial charge in [0.25, 0.3) is 0 Å². The Morgan fingerprint density at radius 1 is 0.857 bits per heavy atom. The van der Waals surface area contributed by atoms with E-state index in [1.54, 1.807) is 0 Å². The van der Waals surface area contributed by atoms with E-state index in [0.29, 0.717) is 0 Å². The molecule has 0 spiro atoms. The summed E-state index contributed by atoms with van der Waals surface area (Å²) >= 11 is 0. The fraction of sp³-hybridized carbons (Fsp3) is 0.318. The smallest absolute Gasteiger partial charge is 0.134 e. The molecule has 1 saturated heterocycles. The minimum atomic E-state index is 0.798. The number of nitrogens with one attached hydrogen (secondary N) is 1. The Kier molecular flexibility index (Phi) is 5.66. The first-order valence-electron chi connectivity index (χ1n) is 9.82. The van der Waals surface area contributed by atoms with Gasteiger partial charge in [-0.15, -0.1) is 0 Å². The zero-order valence-electron chi connectivity index (χ0n) is 16.3. The average Bonchev–Trinajstić information content (AvgIpc) is 2.75. The van der Waals surface area contributed by atoms with E-state index in [-0.39, 0.29) is 0 Å². The largest absolute Gasteiger partial charge is 0.370 e. The number of nitrogens with zero attached hydrogens (tertiary/aromatic N) is 5. The lowest BCUT2D eigenvalue weighted by molar-refractivity contribution is 0.640. The molecule has 0 atom stereocenters. The zero-order chi connectivity index (χ0) is 19.2. The van der Waals surface area contributed by atoms with Crippen LogP contribution in [0.2, 0.25) is 0 Å². The van der Waals surface area contributed by atoms with Crippen LogP contribution < -0.4 is 15.1 Å². The Morgan fingerprint density at radius 2 is 1.57 bits per heavy atom. The van der Waals surface area contributed by atoms with Crippen molar-refractivity contribution in [3.05, 3.63) is 72.2 Å². The third-order valence-corrected chi connectivity index (χ3v) is 4.96. The summed E-state index contributed by atoms with van der Waals surface area (Å²) in [6, 6.07) is 18.6. The molecule has 0 bridgehead atoms. The molecule has 6 nitrogen and oxygen atoms in total. The Balaban J connectivity index is 1.36. The molecule has 4 rings (SSSR count). The molecule has 0 radical (unpaired) electrons. The fourth-order valence-corrected chi connectivity index (χ4v) is 3.49. The van der Waals surface area contributed by atoms with Crippen molar-refractivity contribution in [2.75, 3.05) is 47.8 Å². The van der Waals surface area contributed by atoms with Crippen molar-refractivity contribution < 1.29 is 0 Å². The van der Waals surface area contributed by atoms with Gasteiger partial charge in [-0.2, -0.15) is 0 Å². The summed E-state index contributed by atoms with van der Waals surface area (Å²) in [5, 5.41) is 3.45. The Hall–Kier alpha value is -3.15. The quantitative estimate of drug-likeness (QED) is 0.715. The molecule has 1 aromatic carbocycles. The summed E-state index contributed by atoms with van der Waals surface area (Å²) in [6.45, 7) is 6.55. The maximum Gasteiger partial charge on any atom is 0.134 e.